The minimum absolute atomic E-state index is 0.0256. The van der Waals surface area contributed by atoms with Crippen molar-refractivity contribution in [2.75, 3.05) is 5.32 Å². The maximum absolute atomic E-state index is 12.2. The first-order valence-electron chi connectivity index (χ1n) is 6.23. The van der Waals surface area contributed by atoms with E-state index in [1.54, 1.807) is 31.2 Å². The molecule has 5 nitrogen and oxygen atoms in total. The molecule has 0 spiro atoms. The normalized spacial score (nSPS) is 10.2. The van der Waals surface area contributed by atoms with E-state index in [1.807, 2.05) is 6.07 Å². The van der Waals surface area contributed by atoms with Crippen LogP contribution in [0.15, 0.2) is 42.5 Å². The van der Waals surface area contributed by atoms with Crippen molar-refractivity contribution in [1.29, 1.82) is 0 Å². The lowest BCUT2D eigenvalue weighted by Gasteiger charge is -2.09. The predicted molar refractivity (Wildman–Crippen MR) is 81.8 cm³/mol. The molecule has 0 aliphatic rings. The highest BCUT2D eigenvalue weighted by atomic mass is 35.5. The van der Waals surface area contributed by atoms with Gasteiger partial charge in [-0.25, -0.2) is 0 Å². The largest absolute Gasteiger partial charge is 0.321 e. The van der Waals surface area contributed by atoms with Crippen molar-refractivity contribution in [2.45, 2.75) is 12.8 Å². The molecule has 0 aromatic heterocycles. The Morgan fingerprint density at radius 3 is 2.67 bits per heavy atom. The van der Waals surface area contributed by atoms with Crippen LogP contribution in [0.4, 0.5) is 11.4 Å². The number of halogens is 1. The van der Waals surface area contributed by atoms with Crippen molar-refractivity contribution in [3.05, 3.63) is 69.3 Å². The molecule has 0 saturated carbocycles. The fourth-order valence-electron chi connectivity index (χ4n) is 1.95. The van der Waals surface area contributed by atoms with Crippen LogP contribution in [0.5, 0.6) is 0 Å². The number of carbonyl (C=O) groups is 1. The van der Waals surface area contributed by atoms with Crippen LogP contribution in [0.2, 0.25) is 0 Å². The molecule has 0 fully saturated rings. The molecule has 0 saturated heterocycles. The first kappa shape index (κ1) is 15.0. The van der Waals surface area contributed by atoms with Gasteiger partial charge in [-0.05, 0) is 30.7 Å². The average Bonchev–Trinajstić information content (AvgIpc) is 2.49. The fraction of sp³-hybridized carbons (Fsp3) is 0.133. The van der Waals surface area contributed by atoms with E-state index in [0.29, 0.717) is 22.7 Å². The van der Waals surface area contributed by atoms with Crippen molar-refractivity contribution in [2.24, 2.45) is 0 Å². The number of hydrogen-bond acceptors (Lipinski definition) is 3. The molecule has 0 bridgehead atoms. The van der Waals surface area contributed by atoms with Gasteiger partial charge < -0.3 is 5.32 Å². The maximum Gasteiger partial charge on any atom is 0.274 e. The Labute approximate surface area is 126 Å². The third kappa shape index (κ3) is 3.38. The number of nitro groups is 1. The monoisotopic (exact) mass is 304 g/mol. The Hall–Kier alpha value is -2.40. The number of nitrogens with one attached hydrogen (secondary N) is 1. The summed E-state index contributed by atoms with van der Waals surface area (Å²) < 4.78 is 0. The minimum Gasteiger partial charge on any atom is -0.321 e. The fourth-order valence-corrected chi connectivity index (χ4v) is 2.11. The highest BCUT2D eigenvalue weighted by Gasteiger charge is 2.15. The van der Waals surface area contributed by atoms with Crippen molar-refractivity contribution in [1.82, 2.24) is 0 Å². The van der Waals surface area contributed by atoms with E-state index in [1.165, 1.54) is 12.1 Å². The van der Waals surface area contributed by atoms with Crippen molar-refractivity contribution < 1.29 is 9.72 Å². The van der Waals surface area contributed by atoms with Crippen molar-refractivity contribution >= 4 is 28.9 Å². The van der Waals surface area contributed by atoms with Gasteiger partial charge in [0.2, 0.25) is 0 Å². The van der Waals surface area contributed by atoms with Gasteiger partial charge >= 0.3 is 0 Å². The molecule has 6 heteroatoms. The summed E-state index contributed by atoms with van der Waals surface area (Å²) >= 11 is 5.74. The Morgan fingerprint density at radius 1 is 1.29 bits per heavy atom. The van der Waals surface area contributed by atoms with Crippen LogP contribution in [0.1, 0.15) is 21.5 Å². The van der Waals surface area contributed by atoms with Gasteiger partial charge in [-0.15, -0.1) is 11.6 Å². The molecule has 2 aromatic rings. The molecule has 0 aliphatic heterocycles. The molecule has 0 heterocycles. The summed E-state index contributed by atoms with van der Waals surface area (Å²) in [5, 5.41) is 13.6. The second-order valence-corrected chi connectivity index (χ2v) is 4.76. The Kier molecular flexibility index (Phi) is 4.55. The second-order valence-electron chi connectivity index (χ2n) is 4.49. The molecular weight excluding hydrogens is 292 g/mol. The van der Waals surface area contributed by atoms with Crippen LogP contribution >= 0.6 is 11.6 Å². The number of nitro benzene ring substituents is 1. The summed E-state index contributed by atoms with van der Waals surface area (Å²) in [7, 11) is 0. The lowest BCUT2D eigenvalue weighted by molar-refractivity contribution is -0.385. The molecular formula is C15H13ClN2O3. The van der Waals surface area contributed by atoms with E-state index in [2.05, 4.69) is 5.32 Å². The van der Waals surface area contributed by atoms with Gasteiger partial charge in [0.05, 0.1) is 16.2 Å². The molecule has 108 valence electrons. The Balaban J connectivity index is 2.27. The summed E-state index contributed by atoms with van der Waals surface area (Å²) in [5.41, 5.74) is 2.11. The number of rotatable bonds is 4. The Bertz CT molecular complexity index is 701. The summed E-state index contributed by atoms with van der Waals surface area (Å²) in [5.74, 6) is -0.0118. The zero-order valence-corrected chi connectivity index (χ0v) is 12.1. The van der Waals surface area contributed by atoms with E-state index in [4.69, 9.17) is 11.6 Å². The summed E-state index contributed by atoms with van der Waals surface area (Å²) in [6.45, 7) is 1.60. The lowest BCUT2D eigenvalue weighted by atomic mass is 10.1. The van der Waals surface area contributed by atoms with Crippen LogP contribution in [0, 0.1) is 17.0 Å². The zero-order chi connectivity index (χ0) is 15.4. The van der Waals surface area contributed by atoms with Gasteiger partial charge in [0.25, 0.3) is 11.6 Å². The van der Waals surface area contributed by atoms with Gasteiger partial charge in [0.15, 0.2) is 0 Å². The van der Waals surface area contributed by atoms with E-state index in [-0.39, 0.29) is 11.6 Å². The first-order chi connectivity index (χ1) is 10.0. The highest BCUT2D eigenvalue weighted by Crippen LogP contribution is 2.25. The first-order valence-corrected chi connectivity index (χ1v) is 6.76. The molecule has 2 rings (SSSR count). The van der Waals surface area contributed by atoms with E-state index in [0.717, 1.165) is 5.56 Å². The third-order valence-corrected chi connectivity index (χ3v) is 3.40. The molecule has 0 unspecified atom stereocenters. The summed E-state index contributed by atoms with van der Waals surface area (Å²) in [6, 6.07) is 11.5. The predicted octanol–water partition coefficient (Wildman–Crippen LogP) is 3.89. The molecule has 0 atom stereocenters. The van der Waals surface area contributed by atoms with Crippen molar-refractivity contribution in [3.8, 4) is 0 Å². The van der Waals surface area contributed by atoms with Crippen LogP contribution in [0.25, 0.3) is 0 Å². The van der Waals surface area contributed by atoms with Gasteiger partial charge in [-0.2, -0.15) is 0 Å². The van der Waals surface area contributed by atoms with Crippen LogP contribution in [0.3, 0.4) is 0 Å². The number of amides is 1. The van der Waals surface area contributed by atoms with Gasteiger partial charge in [-0.1, -0.05) is 18.2 Å². The van der Waals surface area contributed by atoms with Gasteiger partial charge in [0.1, 0.15) is 0 Å². The molecule has 21 heavy (non-hydrogen) atoms. The van der Waals surface area contributed by atoms with E-state index in [9.17, 15) is 14.9 Å². The topological polar surface area (TPSA) is 72.2 Å². The molecule has 1 N–H and O–H groups in total. The average molecular weight is 305 g/mol. The number of benzene rings is 2. The quantitative estimate of drug-likeness (QED) is 0.529. The van der Waals surface area contributed by atoms with Gasteiger partial charge in [-0.3, -0.25) is 14.9 Å². The number of carbonyl (C=O) groups excluding carboxylic acids is 1. The number of nitrogens with zero attached hydrogens (tertiary/aromatic N) is 1. The van der Waals surface area contributed by atoms with E-state index < -0.39 is 4.92 Å². The van der Waals surface area contributed by atoms with Crippen LogP contribution < -0.4 is 5.32 Å². The lowest BCUT2D eigenvalue weighted by Crippen LogP contribution is -2.13. The highest BCUT2D eigenvalue weighted by molar-refractivity contribution is 6.17. The number of alkyl halides is 1. The molecule has 0 radical (unpaired) electrons. The molecule has 2 aromatic carbocycles. The molecule has 1 amide bonds. The maximum atomic E-state index is 12.2. The second kappa shape index (κ2) is 6.37. The van der Waals surface area contributed by atoms with Gasteiger partial charge in [0, 0.05) is 17.5 Å². The summed E-state index contributed by atoms with van der Waals surface area (Å²) in [4.78, 5) is 22.6. The van der Waals surface area contributed by atoms with Crippen LogP contribution in [-0.2, 0) is 5.88 Å². The third-order valence-electron chi connectivity index (χ3n) is 3.09. The van der Waals surface area contributed by atoms with E-state index >= 15 is 0 Å². The summed E-state index contributed by atoms with van der Waals surface area (Å²) in [6.07, 6.45) is 0. The smallest absolute Gasteiger partial charge is 0.274 e. The minimum atomic E-state index is -0.473. The number of hydrogen-bond donors (Lipinski definition) is 1. The molecule has 0 aliphatic carbocycles. The standard InChI is InChI=1S/C15H13ClN2O3/c1-10-13(6-3-7-14(10)18(20)21)17-15(19)12-5-2-4-11(8-12)9-16/h2-8H,9H2,1H3,(H,17,19). The SMILES string of the molecule is Cc1c(NC(=O)c2cccc(CCl)c2)cccc1[N+](=O)[O-]. The van der Waals surface area contributed by atoms with Crippen molar-refractivity contribution in [3.63, 3.8) is 0 Å². The zero-order valence-electron chi connectivity index (χ0n) is 11.3. The van der Waals surface area contributed by atoms with Crippen LogP contribution in [-0.4, -0.2) is 10.8 Å². The number of anilines is 1. The Morgan fingerprint density at radius 2 is 2.00 bits per heavy atom.